The molecule has 1 heterocycles. The fourth-order valence-corrected chi connectivity index (χ4v) is 1.42. The number of pyridine rings is 1. The highest BCUT2D eigenvalue weighted by molar-refractivity contribution is 5.74. The molecule has 0 fully saturated rings. The van der Waals surface area contributed by atoms with Gasteiger partial charge >= 0.3 is 5.97 Å². The highest BCUT2D eigenvalue weighted by atomic mass is 16.4. The predicted octanol–water partition coefficient (Wildman–Crippen LogP) is 1.17. The second-order valence-corrected chi connectivity index (χ2v) is 3.35. The van der Waals surface area contributed by atoms with E-state index in [1.807, 2.05) is 6.92 Å². The van der Waals surface area contributed by atoms with Crippen molar-refractivity contribution in [3.05, 3.63) is 23.4 Å². The van der Waals surface area contributed by atoms with Gasteiger partial charge in [-0.2, -0.15) is 5.26 Å². The molecule has 1 rings (SSSR count). The number of hydrogen-bond donors (Lipinski definition) is 1. The number of likely N-dealkylation sites (N-methyl/N-ethyl adjacent to an activating group) is 1. The zero-order valence-corrected chi connectivity index (χ0v) is 9.27. The highest BCUT2D eigenvalue weighted by Gasteiger charge is 2.15. The van der Waals surface area contributed by atoms with Crippen LogP contribution in [0.1, 0.15) is 18.1 Å². The molecule has 0 radical (unpaired) electrons. The first kappa shape index (κ1) is 12.0. The molecule has 1 N–H and O–H groups in total. The first-order valence-electron chi connectivity index (χ1n) is 4.92. The van der Waals surface area contributed by atoms with Crippen molar-refractivity contribution in [1.29, 1.82) is 5.26 Å². The smallest absolute Gasteiger partial charge is 0.323 e. The monoisotopic (exact) mass is 219 g/mol. The number of carbonyl (C=O) groups is 1. The van der Waals surface area contributed by atoms with Crippen molar-refractivity contribution < 1.29 is 9.90 Å². The maximum atomic E-state index is 10.7. The number of carboxylic acid groups (broad SMARTS) is 1. The number of rotatable bonds is 4. The lowest BCUT2D eigenvalue weighted by Crippen LogP contribution is -2.30. The third-order valence-electron chi connectivity index (χ3n) is 2.26. The SMILES string of the molecule is CCN(CC(=O)O)c1nccc(C)c1C#N. The number of anilines is 1. The second-order valence-electron chi connectivity index (χ2n) is 3.35. The number of aryl methyl sites for hydroxylation is 1. The maximum absolute atomic E-state index is 10.7. The number of aliphatic carboxylic acids is 1. The quantitative estimate of drug-likeness (QED) is 0.822. The summed E-state index contributed by atoms with van der Waals surface area (Å²) in [5, 5.41) is 17.8. The molecule has 0 atom stereocenters. The molecule has 5 heteroatoms. The summed E-state index contributed by atoms with van der Waals surface area (Å²) in [4.78, 5) is 16.3. The Labute approximate surface area is 93.9 Å². The summed E-state index contributed by atoms with van der Waals surface area (Å²) in [6, 6.07) is 3.79. The van der Waals surface area contributed by atoms with Crippen LogP contribution >= 0.6 is 0 Å². The van der Waals surface area contributed by atoms with E-state index in [-0.39, 0.29) is 6.54 Å². The zero-order valence-electron chi connectivity index (χ0n) is 9.27. The van der Waals surface area contributed by atoms with Gasteiger partial charge in [-0.25, -0.2) is 4.98 Å². The van der Waals surface area contributed by atoms with E-state index in [0.29, 0.717) is 17.9 Å². The Balaban J connectivity index is 3.15. The van der Waals surface area contributed by atoms with Crippen LogP contribution < -0.4 is 4.90 Å². The van der Waals surface area contributed by atoms with Gasteiger partial charge in [0.15, 0.2) is 0 Å². The Bertz CT molecular complexity index is 437. The number of aromatic nitrogens is 1. The zero-order chi connectivity index (χ0) is 12.1. The molecule has 1 aromatic heterocycles. The van der Waals surface area contributed by atoms with E-state index >= 15 is 0 Å². The molecule has 5 nitrogen and oxygen atoms in total. The van der Waals surface area contributed by atoms with Crippen LogP contribution in [-0.2, 0) is 4.79 Å². The Morgan fingerprint density at radius 1 is 1.69 bits per heavy atom. The minimum Gasteiger partial charge on any atom is -0.480 e. The molecule has 0 saturated carbocycles. The van der Waals surface area contributed by atoms with Crippen LogP contribution in [0.5, 0.6) is 0 Å². The third-order valence-corrected chi connectivity index (χ3v) is 2.26. The molecular weight excluding hydrogens is 206 g/mol. The van der Waals surface area contributed by atoms with Crippen molar-refractivity contribution >= 4 is 11.8 Å². The van der Waals surface area contributed by atoms with Gasteiger partial charge in [-0.15, -0.1) is 0 Å². The van der Waals surface area contributed by atoms with Gasteiger partial charge in [0.2, 0.25) is 0 Å². The maximum Gasteiger partial charge on any atom is 0.323 e. The molecule has 0 aliphatic carbocycles. The third kappa shape index (κ3) is 2.48. The van der Waals surface area contributed by atoms with E-state index in [1.165, 1.54) is 0 Å². The van der Waals surface area contributed by atoms with E-state index < -0.39 is 5.97 Å². The van der Waals surface area contributed by atoms with Crippen LogP contribution in [0.2, 0.25) is 0 Å². The Morgan fingerprint density at radius 2 is 2.38 bits per heavy atom. The van der Waals surface area contributed by atoms with Gasteiger partial charge in [0.05, 0.1) is 5.56 Å². The number of hydrogen-bond acceptors (Lipinski definition) is 4. The van der Waals surface area contributed by atoms with E-state index in [0.717, 1.165) is 5.56 Å². The van der Waals surface area contributed by atoms with Gasteiger partial charge in [0.1, 0.15) is 18.4 Å². The van der Waals surface area contributed by atoms with E-state index in [4.69, 9.17) is 10.4 Å². The second kappa shape index (κ2) is 5.12. The predicted molar refractivity (Wildman–Crippen MR) is 59.2 cm³/mol. The topological polar surface area (TPSA) is 77.2 Å². The molecule has 1 aromatic rings. The highest BCUT2D eigenvalue weighted by Crippen LogP contribution is 2.19. The number of nitriles is 1. The fraction of sp³-hybridized carbons (Fsp3) is 0.364. The van der Waals surface area contributed by atoms with Crippen LogP contribution in [0.4, 0.5) is 5.82 Å². The molecule has 0 saturated heterocycles. The normalized spacial score (nSPS) is 9.56. The summed E-state index contributed by atoms with van der Waals surface area (Å²) in [7, 11) is 0. The molecule has 0 aliphatic heterocycles. The average molecular weight is 219 g/mol. The van der Waals surface area contributed by atoms with Crippen LogP contribution in [0.25, 0.3) is 0 Å². The number of nitrogens with zero attached hydrogens (tertiary/aromatic N) is 3. The fourth-order valence-electron chi connectivity index (χ4n) is 1.42. The summed E-state index contributed by atoms with van der Waals surface area (Å²) in [6.45, 7) is 3.98. The van der Waals surface area contributed by atoms with E-state index in [2.05, 4.69) is 11.1 Å². The molecule has 84 valence electrons. The summed E-state index contributed by atoms with van der Waals surface area (Å²) >= 11 is 0. The van der Waals surface area contributed by atoms with E-state index in [1.54, 1.807) is 24.1 Å². The minimum atomic E-state index is -0.936. The Kier molecular flexibility index (Phi) is 3.84. The van der Waals surface area contributed by atoms with Gasteiger partial charge < -0.3 is 10.0 Å². The molecule has 0 spiro atoms. The first-order chi connectivity index (χ1) is 7.60. The van der Waals surface area contributed by atoms with Crippen LogP contribution in [0.3, 0.4) is 0 Å². The Morgan fingerprint density at radius 3 is 2.88 bits per heavy atom. The van der Waals surface area contributed by atoms with Crippen molar-refractivity contribution in [3.63, 3.8) is 0 Å². The van der Waals surface area contributed by atoms with Crippen LogP contribution in [-0.4, -0.2) is 29.1 Å². The molecule has 0 aliphatic rings. The first-order valence-corrected chi connectivity index (χ1v) is 4.92. The van der Waals surface area contributed by atoms with Crippen molar-refractivity contribution in [2.24, 2.45) is 0 Å². The van der Waals surface area contributed by atoms with Crippen molar-refractivity contribution in [2.75, 3.05) is 18.0 Å². The summed E-state index contributed by atoms with van der Waals surface area (Å²) in [5.74, 6) is -0.499. The summed E-state index contributed by atoms with van der Waals surface area (Å²) in [5.41, 5.74) is 1.24. The van der Waals surface area contributed by atoms with Gasteiger partial charge in [0, 0.05) is 12.7 Å². The van der Waals surface area contributed by atoms with Crippen LogP contribution in [0.15, 0.2) is 12.3 Å². The van der Waals surface area contributed by atoms with Crippen molar-refractivity contribution in [1.82, 2.24) is 4.98 Å². The van der Waals surface area contributed by atoms with Gasteiger partial charge in [-0.1, -0.05) is 0 Å². The summed E-state index contributed by atoms with van der Waals surface area (Å²) in [6.07, 6.45) is 1.58. The van der Waals surface area contributed by atoms with Crippen LogP contribution in [0, 0.1) is 18.3 Å². The minimum absolute atomic E-state index is 0.151. The summed E-state index contributed by atoms with van der Waals surface area (Å²) < 4.78 is 0. The number of carboxylic acids is 1. The molecule has 0 unspecified atom stereocenters. The van der Waals surface area contributed by atoms with Gasteiger partial charge in [-0.3, -0.25) is 4.79 Å². The molecule has 0 amide bonds. The standard InChI is InChI=1S/C11H13N3O2/c1-3-14(7-10(15)16)11-9(6-12)8(2)4-5-13-11/h4-5H,3,7H2,1-2H3,(H,15,16). The lowest BCUT2D eigenvalue weighted by atomic mass is 10.1. The van der Waals surface area contributed by atoms with Gasteiger partial charge in [0.25, 0.3) is 0 Å². The van der Waals surface area contributed by atoms with E-state index in [9.17, 15) is 4.79 Å². The lowest BCUT2D eigenvalue weighted by molar-refractivity contribution is -0.135. The Hall–Kier alpha value is -2.09. The molecule has 0 aromatic carbocycles. The van der Waals surface area contributed by atoms with Crippen molar-refractivity contribution in [2.45, 2.75) is 13.8 Å². The largest absolute Gasteiger partial charge is 0.480 e. The molecular formula is C11H13N3O2. The lowest BCUT2D eigenvalue weighted by Gasteiger charge is -2.21. The van der Waals surface area contributed by atoms with Crippen molar-refractivity contribution in [3.8, 4) is 6.07 Å². The average Bonchev–Trinajstić information content (AvgIpc) is 2.25. The molecule has 16 heavy (non-hydrogen) atoms. The van der Waals surface area contributed by atoms with Gasteiger partial charge in [-0.05, 0) is 25.5 Å². The molecule has 0 bridgehead atoms.